The topological polar surface area (TPSA) is 89.8 Å². The van der Waals surface area contributed by atoms with Crippen molar-refractivity contribution in [3.05, 3.63) is 70.8 Å². The molecule has 1 unspecified atom stereocenters. The van der Waals surface area contributed by atoms with Gasteiger partial charge in [0.25, 0.3) is 0 Å². The molecular formula is C25H26ClN7O. The molecule has 4 aromatic rings. The van der Waals surface area contributed by atoms with E-state index in [2.05, 4.69) is 32.6 Å². The van der Waals surface area contributed by atoms with Crippen molar-refractivity contribution in [2.24, 2.45) is 0 Å². The van der Waals surface area contributed by atoms with Crippen LogP contribution in [0.2, 0.25) is 5.02 Å². The van der Waals surface area contributed by atoms with Crippen molar-refractivity contribution >= 4 is 34.3 Å². The van der Waals surface area contributed by atoms with Gasteiger partial charge in [0, 0.05) is 41.4 Å². The lowest BCUT2D eigenvalue weighted by Gasteiger charge is -2.27. The van der Waals surface area contributed by atoms with E-state index < -0.39 is 0 Å². The summed E-state index contributed by atoms with van der Waals surface area (Å²) in [5, 5.41) is 13.1. The molecule has 0 amide bonds. The minimum atomic E-state index is -0.361. The van der Waals surface area contributed by atoms with Crippen molar-refractivity contribution in [2.45, 2.75) is 44.2 Å². The van der Waals surface area contributed by atoms with Crippen LogP contribution in [0.4, 0.5) is 11.6 Å². The van der Waals surface area contributed by atoms with Crippen molar-refractivity contribution in [3.63, 3.8) is 0 Å². The highest BCUT2D eigenvalue weighted by molar-refractivity contribution is 6.30. The molecule has 0 saturated heterocycles. The van der Waals surface area contributed by atoms with E-state index in [1.165, 1.54) is 12.8 Å². The molecule has 2 aliphatic rings. The van der Waals surface area contributed by atoms with Crippen molar-refractivity contribution < 1.29 is 4.74 Å². The Bertz CT molecular complexity index is 1300. The fourth-order valence-corrected chi connectivity index (χ4v) is 5.06. The summed E-state index contributed by atoms with van der Waals surface area (Å²) in [5.41, 5.74) is 4.62. The van der Waals surface area contributed by atoms with Gasteiger partial charge in [0.2, 0.25) is 5.95 Å². The Labute approximate surface area is 202 Å². The molecule has 0 spiro atoms. The Hall–Kier alpha value is -3.23. The minimum absolute atomic E-state index is 0.361. The van der Waals surface area contributed by atoms with Crippen molar-refractivity contribution in [1.29, 1.82) is 0 Å². The van der Waals surface area contributed by atoms with Gasteiger partial charge in [0.05, 0.1) is 17.1 Å². The summed E-state index contributed by atoms with van der Waals surface area (Å²) in [6, 6.07) is 10.2. The summed E-state index contributed by atoms with van der Waals surface area (Å²) in [6.07, 6.45) is 11.0. The summed E-state index contributed by atoms with van der Waals surface area (Å²) in [6.45, 7) is 1.08. The first kappa shape index (κ1) is 21.3. The van der Waals surface area contributed by atoms with Crippen LogP contribution in [0.1, 0.15) is 54.6 Å². The first-order valence-electron chi connectivity index (χ1n) is 11.8. The van der Waals surface area contributed by atoms with E-state index in [0.717, 1.165) is 47.2 Å². The molecule has 1 aliphatic carbocycles. The van der Waals surface area contributed by atoms with E-state index in [9.17, 15) is 0 Å². The van der Waals surface area contributed by atoms with Gasteiger partial charge in [0.15, 0.2) is 5.65 Å². The Morgan fingerprint density at radius 2 is 2.09 bits per heavy atom. The van der Waals surface area contributed by atoms with Crippen LogP contribution in [-0.4, -0.2) is 38.0 Å². The molecule has 4 heterocycles. The Balaban J connectivity index is 1.38. The van der Waals surface area contributed by atoms with E-state index >= 15 is 0 Å². The van der Waals surface area contributed by atoms with Crippen LogP contribution < -0.4 is 10.6 Å². The third-order valence-electron chi connectivity index (χ3n) is 6.60. The lowest BCUT2D eigenvalue weighted by atomic mass is 10.0. The Kier molecular flexibility index (Phi) is 5.76. The van der Waals surface area contributed by atoms with Gasteiger partial charge in [-0.05, 0) is 49.1 Å². The highest BCUT2D eigenvalue weighted by Gasteiger charge is 2.29. The van der Waals surface area contributed by atoms with Gasteiger partial charge in [0.1, 0.15) is 12.8 Å². The molecule has 1 aromatic carbocycles. The number of anilines is 2. The van der Waals surface area contributed by atoms with E-state index in [-0.39, 0.29) is 6.10 Å². The second-order valence-electron chi connectivity index (χ2n) is 8.85. The third-order valence-corrected chi connectivity index (χ3v) is 6.84. The first-order chi connectivity index (χ1) is 16.7. The van der Waals surface area contributed by atoms with Crippen LogP contribution in [0.3, 0.4) is 0 Å². The largest absolute Gasteiger partial charge is 0.362 e. The van der Waals surface area contributed by atoms with E-state index in [4.69, 9.17) is 31.4 Å². The number of halogens is 1. The zero-order valence-corrected chi connectivity index (χ0v) is 19.5. The van der Waals surface area contributed by atoms with E-state index in [1.54, 1.807) is 6.20 Å². The normalized spacial score (nSPS) is 18.1. The third kappa shape index (κ3) is 4.19. The number of fused-ring (bicyclic) bond motifs is 2. The van der Waals surface area contributed by atoms with Crippen molar-refractivity contribution in [2.75, 3.05) is 23.9 Å². The SMILES string of the molecule is Clc1ccc2c(c1)C(c1nc(NCCc3cccnc3)nc3nn(C4CCCC4)cc13)OCN2. The summed E-state index contributed by atoms with van der Waals surface area (Å²) in [7, 11) is 0. The standard InChI is InChI=1S/C25H26ClN7O/c26-17-7-8-21-19(12-17)23(34-15-29-21)22-20-14-33(18-5-1-2-6-18)32-24(20)31-25(30-22)28-11-9-16-4-3-10-27-13-16/h3-4,7-8,10,12-14,18,23,29H,1-2,5-6,9,11,15H2,(H,28,31,32). The molecule has 8 nitrogen and oxygen atoms in total. The summed E-state index contributed by atoms with van der Waals surface area (Å²) >= 11 is 6.35. The van der Waals surface area contributed by atoms with Gasteiger partial charge in [-0.2, -0.15) is 10.1 Å². The van der Waals surface area contributed by atoms with Crippen LogP contribution in [0, 0.1) is 0 Å². The van der Waals surface area contributed by atoms with Crippen molar-refractivity contribution in [1.82, 2.24) is 24.7 Å². The molecule has 9 heteroatoms. The number of rotatable bonds is 6. The number of ether oxygens (including phenoxy) is 1. The summed E-state index contributed by atoms with van der Waals surface area (Å²) in [4.78, 5) is 13.9. The number of hydrogen-bond donors (Lipinski definition) is 2. The van der Waals surface area contributed by atoms with Crippen molar-refractivity contribution in [3.8, 4) is 0 Å². The second-order valence-corrected chi connectivity index (χ2v) is 9.29. The number of pyridine rings is 1. The van der Waals surface area contributed by atoms with Gasteiger partial charge < -0.3 is 15.4 Å². The van der Waals surface area contributed by atoms with E-state index in [1.807, 2.05) is 30.5 Å². The molecule has 174 valence electrons. The number of aromatic nitrogens is 5. The zero-order valence-electron chi connectivity index (χ0n) is 18.7. The van der Waals surface area contributed by atoms with Crippen LogP contribution in [-0.2, 0) is 11.2 Å². The molecule has 1 aliphatic heterocycles. The Morgan fingerprint density at radius 3 is 2.94 bits per heavy atom. The predicted molar refractivity (Wildman–Crippen MR) is 132 cm³/mol. The van der Waals surface area contributed by atoms with Crippen LogP contribution >= 0.6 is 11.6 Å². The van der Waals surface area contributed by atoms with Gasteiger partial charge in [-0.25, -0.2) is 4.98 Å². The quantitative estimate of drug-likeness (QED) is 0.399. The molecule has 0 bridgehead atoms. The minimum Gasteiger partial charge on any atom is -0.362 e. The van der Waals surface area contributed by atoms with Gasteiger partial charge >= 0.3 is 0 Å². The average Bonchev–Trinajstić information content (AvgIpc) is 3.54. The van der Waals surface area contributed by atoms with E-state index in [0.29, 0.717) is 35.9 Å². The second kappa shape index (κ2) is 9.19. The van der Waals surface area contributed by atoms with Crippen LogP contribution in [0.5, 0.6) is 0 Å². The van der Waals surface area contributed by atoms with Gasteiger partial charge in [-0.15, -0.1) is 0 Å². The molecule has 6 rings (SSSR count). The average molecular weight is 476 g/mol. The Morgan fingerprint density at radius 1 is 1.18 bits per heavy atom. The first-order valence-corrected chi connectivity index (χ1v) is 12.2. The fraction of sp³-hybridized carbons (Fsp3) is 0.360. The highest BCUT2D eigenvalue weighted by Crippen LogP contribution is 2.39. The molecule has 34 heavy (non-hydrogen) atoms. The van der Waals surface area contributed by atoms with Crippen LogP contribution in [0.25, 0.3) is 11.0 Å². The maximum atomic E-state index is 6.35. The lowest BCUT2D eigenvalue weighted by Crippen LogP contribution is -2.22. The highest BCUT2D eigenvalue weighted by atomic mass is 35.5. The van der Waals surface area contributed by atoms with Gasteiger partial charge in [-0.1, -0.05) is 30.5 Å². The molecule has 3 aromatic heterocycles. The van der Waals surface area contributed by atoms with Crippen LogP contribution in [0.15, 0.2) is 48.9 Å². The fourth-order valence-electron chi connectivity index (χ4n) is 4.87. The number of nitrogens with one attached hydrogen (secondary N) is 2. The summed E-state index contributed by atoms with van der Waals surface area (Å²) in [5.74, 6) is 0.550. The molecule has 1 fully saturated rings. The smallest absolute Gasteiger partial charge is 0.225 e. The molecule has 2 N–H and O–H groups in total. The monoisotopic (exact) mass is 475 g/mol. The maximum absolute atomic E-state index is 6.35. The lowest BCUT2D eigenvalue weighted by molar-refractivity contribution is 0.0858. The number of hydrogen-bond acceptors (Lipinski definition) is 7. The molecule has 1 atom stereocenters. The molecule has 0 radical (unpaired) electrons. The predicted octanol–water partition coefficient (Wildman–Crippen LogP) is 5.13. The number of benzene rings is 1. The zero-order chi connectivity index (χ0) is 22.9. The molecular weight excluding hydrogens is 450 g/mol. The maximum Gasteiger partial charge on any atom is 0.225 e. The van der Waals surface area contributed by atoms with Gasteiger partial charge in [-0.3, -0.25) is 9.67 Å². The molecule has 1 saturated carbocycles. The summed E-state index contributed by atoms with van der Waals surface area (Å²) < 4.78 is 8.26. The number of nitrogens with zero attached hydrogens (tertiary/aromatic N) is 5.